The number of nitrogens with zero attached hydrogens (tertiary/aromatic N) is 1. The number of Topliss-reactive ketones (excluding diaryl/α,β-unsaturated/α-hetero) is 2. The van der Waals surface area contributed by atoms with E-state index >= 15 is 0 Å². The number of carbonyl (C=O) groups excluding carboxylic acids is 2. The van der Waals surface area contributed by atoms with Crippen LogP contribution in [0.2, 0.25) is 0 Å². The van der Waals surface area contributed by atoms with Crippen LogP contribution in [0.25, 0.3) is 5.76 Å². The van der Waals surface area contributed by atoms with Crippen LogP contribution < -0.4 is 4.90 Å². The topological polar surface area (TPSA) is 57.6 Å². The van der Waals surface area contributed by atoms with Gasteiger partial charge >= 0.3 is 0 Å². The van der Waals surface area contributed by atoms with Crippen LogP contribution in [0, 0.1) is 0 Å². The number of aliphatic hydroxyl groups is 1. The Labute approximate surface area is 169 Å². The summed E-state index contributed by atoms with van der Waals surface area (Å²) in [5.41, 5.74) is 3.47. The summed E-state index contributed by atoms with van der Waals surface area (Å²) in [6.45, 7) is 0. The summed E-state index contributed by atoms with van der Waals surface area (Å²) < 4.78 is 0. The third-order valence-electron chi connectivity index (χ3n) is 5.30. The zero-order valence-corrected chi connectivity index (χ0v) is 16.3. The fourth-order valence-electron chi connectivity index (χ4n) is 3.79. The molecule has 3 aromatic carbocycles. The second kappa shape index (κ2) is 7.40. The van der Waals surface area contributed by atoms with E-state index in [4.69, 9.17) is 0 Å². The molecular weight excluding hydrogens is 362 g/mol. The zero-order valence-electron chi connectivity index (χ0n) is 16.3. The number of benzene rings is 3. The van der Waals surface area contributed by atoms with E-state index < -0.39 is 17.5 Å². The van der Waals surface area contributed by atoms with E-state index in [9.17, 15) is 14.7 Å². The first-order chi connectivity index (χ1) is 14.0. The molecule has 0 unspecified atom stereocenters. The summed E-state index contributed by atoms with van der Waals surface area (Å²) in [7, 11) is 3.91. The minimum atomic E-state index is -0.660. The first kappa shape index (κ1) is 18.7. The van der Waals surface area contributed by atoms with E-state index in [1.807, 2.05) is 73.6 Å². The highest BCUT2D eigenvalue weighted by Gasteiger charge is 2.38. The third kappa shape index (κ3) is 3.23. The Morgan fingerprint density at radius 3 is 1.86 bits per heavy atom. The molecule has 1 atom stereocenters. The van der Waals surface area contributed by atoms with Crippen molar-refractivity contribution in [1.82, 2.24) is 0 Å². The summed E-state index contributed by atoms with van der Waals surface area (Å²) in [5.74, 6) is -1.92. The van der Waals surface area contributed by atoms with Crippen LogP contribution in [0.15, 0.2) is 84.4 Å². The number of anilines is 1. The van der Waals surface area contributed by atoms with E-state index in [1.54, 1.807) is 24.3 Å². The molecule has 3 aromatic rings. The third-order valence-corrected chi connectivity index (χ3v) is 5.30. The maximum absolute atomic E-state index is 13.1. The maximum Gasteiger partial charge on any atom is 0.234 e. The van der Waals surface area contributed by atoms with Crippen LogP contribution in [0.4, 0.5) is 5.69 Å². The second-order valence-corrected chi connectivity index (χ2v) is 7.30. The Morgan fingerprint density at radius 1 is 0.690 bits per heavy atom. The highest BCUT2D eigenvalue weighted by Crippen LogP contribution is 2.40. The molecule has 0 heterocycles. The van der Waals surface area contributed by atoms with E-state index in [1.165, 1.54) is 0 Å². The van der Waals surface area contributed by atoms with Gasteiger partial charge in [0.05, 0.1) is 5.57 Å². The Bertz CT molecular complexity index is 1110. The molecule has 1 aliphatic carbocycles. The lowest BCUT2D eigenvalue weighted by molar-refractivity contribution is -0.112. The van der Waals surface area contributed by atoms with Crippen molar-refractivity contribution in [2.75, 3.05) is 19.0 Å². The molecule has 144 valence electrons. The highest BCUT2D eigenvalue weighted by molar-refractivity contribution is 6.52. The molecule has 1 N–H and O–H groups in total. The largest absolute Gasteiger partial charge is 0.507 e. The molecule has 0 saturated heterocycles. The lowest BCUT2D eigenvalue weighted by atomic mass is 9.76. The van der Waals surface area contributed by atoms with Crippen LogP contribution >= 0.6 is 0 Å². The minimum absolute atomic E-state index is 0.123. The number of aliphatic hydroxyl groups excluding tert-OH is 1. The SMILES string of the molecule is CN(C)c1ccc([C@@H](C2=C(O)c3ccccc3C(=O)C2=O)c2ccccc2)cc1. The monoisotopic (exact) mass is 383 g/mol. The molecule has 1 aliphatic rings. The van der Waals surface area contributed by atoms with E-state index in [2.05, 4.69) is 0 Å². The van der Waals surface area contributed by atoms with Crippen molar-refractivity contribution >= 4 is 23.0 Å². The summed E-state index contributed by atoms with van der Waals surface area (Å²) >= 11 is 0. The predicted octanol–water partition coefficient (Wildman–Crippen LogP) is 4.62. The van der Waals surface area contributed by atoms with Crippen molar-refractivity contribution in [3.8, 4) is 0 Å². The van der Waals surface area contributed by atoms with Crippen molar-refractivity contribution in [2.24, 2.45) is 0 Å². The molecule has 4 nitrogen and oxygen atoms in total. The fraction of sp³-hybridized carbons (Fsp3) is 0.120. The van der Waals surface area contributed by atoms with Crippen molar-refractivity contribution in [3.05, 3.63) is 107 Å². The predicted molar refractivity (Wildman–Crippen MR) is 114 cm³/mol. The quantitative estimate of drug-likeness (QED) is 0.668. The second-order valence-electron chi connectivity index (χ2n) is 7.30. The van der Waals surface area contributed by atoms with E-state index in [0.29, 0.717) is 5.56 Å². The molecule has 0 aliphatic heterocycles. The fourth-order valence-corrected chi connectivity index (χ4v) is 3.79. The summed E-state index contributed by atoms with van der Waals surface area (Å²) in [5, 5.41) is 11.0. The normalized spacial score (nSPS) is 14.6. The number of hydrogen-bond donors (Lipinski definition) is 1. The smallest absolute Gasteiger partial charge is 0.234 e. The van der Waals surface area contributed by atoms with Gasteiger partial charge in [0, 0.05) is 36.8 Å². The van der Waals surface area contributed by atoms with Crippen LogP contribution in [-0.2, 0) is 4.79 Å². The van der Waals surface area contributed by atoms with Crippen molar-refractivity contribution in [2.45, 2.75) is 5.92 Å². The molecule has 0 radical (unpaired) electrons. The van der Waals surface area contributed by atoms with Crippen LogP contribution in [0.3, 0.4) is 0 Å². The van der Waals surface area contributed by atoms with Gasteiger partial charge in [-0.1, -0.05) is 66.7 Å². The number of fused-ring (bicyclic) bond motifs is 1. The van der Waals surface area contributed by atoms with Crippen LogP contribution in [-0.4, -0.2) is 30.8 Å². The van der Waals surface area contributed by atoms with Gasteiger partial charge in [-0.3, -0.25) is 9.59 Å². The number of rotatable bonds is 4. The van der Waals surface area contributed by atoms with Gasteiger partial charge in [0.25, 0.3) is 0 Å². The average Bonchev–Trinajstić information content (AvgIpc) is 2.76. The standard InChI is InChI=1S/C25H21NO3/c1-26(2)18-14-12-17(13-15-18)21(16-8-4-3-5-9-16)22-23(27)19-10-6-7-11-20(19)24(28)25(22)29/h3-15,21,27H,1-2H3/t21-/m0/s1. The van der Waals surface area contributed by atoms with Gasteiger partial charge in [0.1, 0.15) is 5.76 Å². The van der Waals surface area contributed by atoms with E-state index in [0.717, 1.165) is 16.8 Å². The Hall–Kier alpha value is -3.66. The zero-order chi connectivity index (χ0) is 20.5. The van der Waals surface area contributed by atoms with Crippen molar-refractivity contribution in [1.29, 1.82) is 0 Å². The van der Waals surface area contributed by atoms with Gasteiger partial charge in [-0.2, -0.15) is 0 Å². The molecule has 4 rings (SSSR count). The van der Waals surface area contributed by atoms with Gasteiger partial charge < -0.3 is 10.0 Å². The van der Waals surface area contributed by atoms with Gasteiger partial charge in [-0.05, 0) is 23.3 Å². The van der Waals surface area contributed by atoms with E-state index in [-0.39, 0.29) is 16.9 Å². The van der Waals surface area contributed by atoms with Gasteiger partial charge in [0.2, 0.25) is 11.6 Å². The summed E-state index contributed by atoms with van der Waals surface area (Å²) in [6.07, 6.45) is 0. The molecule has 0 bridgehead atoms. The minimum Gasteiger partial charge on any atom is -0.507 e. The molecule has 0 saturated carbocycles. The van der Waals surface area contributed by atoms with Crippen LogP contribution in [0.1, 0.15) is 33.0 Å². The Kier molecular flexibility index (Phi) is 4.77. The number of carbonyl (C=O) groups is 2. The Balaban J connectivity index is 1.94. The molecule has 0 aromatic heterocycles. The number of allylic oxidation sites excluding steroid dienone is 1. The lowest BCUT2D eigenvalue weighted by Crippen LogP contribution is -2.28. The first-order valence-corrected chi connectivity index (χ1v) is 9.43. The van der Waals surface area contributed by atoms with Crippen molar-refractivity contribution < 1.29 is 14.7 Å². The lowest BCUT2D eigenvalue weighted by Gasteiger charge is -2.26. The van der Waals surface area contributed by atoms with Crippen LogP contribution in [0.5, 0.6) is 0 Å². The highest BCUT2D eigenvalue weighted by atomic mass is 16.3. The number of ketones is 2. The summed E-state index contributed by atoms with van der Waals surface area (Å²) in [6, 6.07) is 24.0. The number of hydrogen-bond acceptors (Lipinski definition) is 4. The molecular formula is C25H21NO3. The maximum atomic E-state index is 13.1. The molecule has 29 heavy (non-hydrogen) atoms. The first-order valence-electron chi connectivity index (χ1n) is 9.43. The molecule has 0 fully saturated rings. The van der Waals surface area contributed by atoms with Gasteiger partial charge in [-0.25, -0.2) is 0 Å². The molecule has 0 spiro atoms. The Morgan fingerprint density at radius 2 is 1.24 bits per heavy atom. The summed E-state index contributed by atoms with van der Waals surface area (Å²) in [4.78, 5) is 27.9. The average molecular weight is 383 g/mol. The molecule has 4 heteroatoms. The molecule has 0 amide bonds. The van der Waals surface area contributed by atoms with Gasteiger partial charge in [-0.15, -0.1) is 0 Å². The van der Waals surface area contributed by atoms with Gasteiger partial charge in [0.15, 0.2) is 0 Å². The van der Waals surface area contributed by atoms with Crippen molar-refractivity contribution in [3.63, 3.8) is 0 Å².